The van der Waals surface area contributed by atoms with Crippen molar-refractivity contribution in [2.75, 3.05) is 0 Å². The number of H-pyrrole nitrogens is 1. The van der Waals surface area contributed by atoms with Gasteiger partial charge in [0.2, 0.25) is 0 Å². The first-order valence-electron chi connectivity index (χ1n) is 15.8. The highest BCUT2D eigenvalue weighted by atomic mass is 16.3. The van der Waals surface area contributed by atoms with Crippen LogP contribution < -0.4 is 0 Å². The first-order valence-corrected chi connectivity index (χ1v) is 15.8. The number of aromatic hydroxyl groups is 1. The van der Waals surface area contributed by atoms with Gasteiger partial charge in [0.25, 0.3) is 0 Å². The van der Waals surface area contributed by atoms with Crippen LogP contribution in [0.25, 0.3) is 83.2 Å². The highest BCUT2D eigenvalue weighted by Crippen LogP contribution is 2.40. The molecule has 0 saturated carbocycles. The number of phenolic OH excluding ortho intramolecular Hbond substituents is 1. The molecule has 0 aliphatic rings. The maximum atomic E-state index is 11.0. The standard InChI is InChI=1S/C42H30N4O/c1-25-21-26(2)23-28(22-25)46-37-19-9-16-32(36-24-34(27-11-4-3-5-12-27)31-15-10-20-38(47)41(31)44-36)40(37)45-42(46)33-17-8-14-30-29-13-6-7-18-35(29)43-39(30)33/h3-24,43,47H,1-2H3. The molecule has 9 aromatic rings. The topological polar surface area (TPSA) is 66.7 Å². The van der Waals surface area contributed by atoms with Crippen LogP contribution >= 0.6 is 0 Å². The lowest BCUT2D eigenvalue weighted by Gasteiger charge is -2.13. The molecule has 3 aromatic heterocycles. The minimum Gasteiger partial charge on any atom is -0.506 e. The number of fused-ring (bicyclic) bond motifs is 5. The van der Waals surface area contributed by atoms with Crippen LogP contribution in [0.4, 0.5) is 0 Å². The third kappa shape index (κ3) is 4.32. The van der Waals surface area contributed by atoms with E-state index in [2.05, 4.69) is 120 Å². The Kier molecular flexibility index (Phi) is 6.02. The summed E-state index contributed by atoms with van der Waals surface area (Å²) in [5, 5.41) is 14.3. The zero-order valence-electron chi connectivity index (χ0n) is 26.0. The molecule has 5 heteroatoms. The number of hydrogen-bond acceptors (Lipinski definition) is 3. The van der Waals surface area contributed by atoms with E-state index < -0.39 is 0 Å². The number of rotatable bonds is 4. The number of aryl methyl sites for hydroxylation is 2. The minimum absolute atomic E-state index is 0.153. The number of nitrogens with one attached hydrogen (secondary N) is 1. The highest BCUT2D eigenvalue weighted by molar-refractivity contribution is 6.12. The van der Waals surface area contributed by atoms with Crippen molar-refractivity contribution in [2.45, 2.75) is 13.8 Å². The Balaban J connectivity index is 1.38. The monoisotopic (exact) mass is 606 g/mol. The number of pyridine rings is 1. The van der Waals surface area contributed by atoms with E-state index in [0.717, 1.165) is 72.3 Å². The van der Waals surface area contributed by atoms with E-state index in [9.17, 15) is 5.11 Å². The maximum Gasteiger partial charge on any atom is 0.147 e. The van der Waals surface area contributed by atoms with E-state index >= 15 is 0 Å². The molecule has 47 heavy (non-hydrogen) atoms. The third-order valence-electron chi connectivity index (χ3n) is 9.11. The second-order valence-electron chi connectivity index (χ2n) is 12.3. The summed E-state index contributed by atoms with van der Waals surface area (Å²) in [6, 6.07) is 45.8. The molecule has 0 radical (unpaired) electrons. The largest absolute Gasteiger partial charge is 0.506 e. The summed E-state index contributed by atoms with van der Waals surface area (Å²) in [4.78, 5) is 14.2. The second-order valence-corrected chi connectivity index (χ2v) is 12.3. The van der Waals surface area contributed by atoms with Gasteiger partial charge in [-0.25, -0.2) is 9.97 Å². The SMILES string of the molecule is Cc1cc(C)cc(-n2c(-c3cccc4c3[nH]c3ccccc34)nc3c(-c4cc(-c5ccccc5)c5cccc(O)c5n4)cccc32)c1. The second kappa shape index (κ2) is 10.4. The summed E-state index contributed by atoms with van der Waals surface area (Å²) in [7, 11) is 0. The molecule has 0 spiro atoms. The number of para-hydroxylation sites is 4. The molecular weight excluding hydrogens is 576 g/mol. The Bertz CT molecular complexity index is 2640. The molecule has 224 valence electrons. The van der Waals surface area contributed by atoms with Crippen molar-refractivity contribution in [1.82, 2.24) is 19.5 Å². The van der Waals surface area contributed by atoms with E-state index in [0.29, 0.717) is 5.52 Å². The summed E-state index contributed by atoms with van der Waals surface area (Å²) >= 11 is 0. The van der Waals surface area contributed by atoms with E-state index in [1.165, 1.54) is 16.5 Å². The fourth-order valence-corrected chi connectivity index (χ4v) is 7.12. The van der Waals surface area contributed by atoms with Gasteiger partial charge in [0.05, 0.1) is 22.2 Å². The average molecular weight is 607 g/mol. The number of nitrogens with zero attached hydrogens (tertiary/aromatic N) is 3. The molecule has 0 saturated heterocycles. The van der Waals surface area contributed by atoms with Gasteiger partial charge in [-0.3, -0.25) is 4.57 Å². The number of imidazole rings is 1. The molecule has 0 fully saturated rings. The zero-order chi connectivity index (χ0) is 31.6. The summed E-state index contributed by atoms with van der Waals surface area (Å²) < 4.78 is 2.27. The van der Waals surface area contributed by atoms with E-state index in [4.69, 9.17) is 9.97 Å². The fourth-order valence-electron chi connectivity index (χ4n) is 7.12. The number of aromatic amines is 1. The Morgan fingerprint density at radius 2 is 1.28 bits per heavy atom. The quantitative estimate of drug-likeness (QED) is 0.209. The lowest BCUT2D eigenvalue weighted by molar-refractivity contribution is 0.480. The number of benzene rings is 6. The van der Waals surface area contributed by atoms with Crippen LogP contribution in [-0.4, -0.2) is 24.6 Å². The van der Waals surface area contributed by atoms with Crippen LogP contribution in [0.2, 0.25) is 0 Å². The lowest BCUT2D eigenvalue weighted by atomic mass is 9.97. The molecule has 0 unspecified atom stereocenters. The first-order chi connectivity index (χ1) is 23.0. The van der Waals surface area contributed by atoms with Gasteiger partial charge < -0.3 is 10.1 Å². The molecule has 3 heterocycles. The van der Waals surface area contributed by atoms with Crippen LogP contribution in [0.15, 0.2) is 133 Å². The molecule has 0 aliphatic heterocycles. The summed E-state index contributed by atoms with van der Waals surface area (Å²) in [5.41, 5.74) is 12.7. The smallest absolute Gasteiger partial charge is 0.147 e. The van der Waals surface area contributed by atoms with E-state index in [1.54, 1.807) is 6.07 Å². The van der Waals surface area contributed by atoms with Crippen LogP contribution in [0.5, 0.6) is 5.75 Å². The Morgan fingerprint density at radius 1 is 0.574 bits per heavy atom. The molecule has 0 bridgehead atoms. The molecule has 9 rings (SSSR count). The Morgan fingerprint density at radius 3 is 2.13 bits per heavy atom. The van der Waals surface area contributed by atoms with Gasteiger partial charge in [-0.15, -0.1) is 0 Å². The van der Waals surface area contributed by atoms with Crippen LogP contribution in [0.1, 0.15) is 11.1 Å². The summed E-state index contributed by atoms with van der Waals surface area (Å²) in [5.74, 6) is 1.00. The van der Waals surface area contributed by atoms with Gasteiger partial charge in [-0.2, -0.15) is 0 Å². The molecule has 5 nitrogen and oxygen atoms in total. The molecule has 0 amide bonds. The van der Waals surface area contributed by atoms with Gasteiger partial charge >= 0.3 is 0 Å². The fraction of sp³-hybridized carbons (Fsp3) is 0.0476. The Labute approximate surface area is 271 Å². The summed E-state index contributed by atoms with van der Waals surface area (Å²) in [6.45, 7) is 4.27. The molecule has 2 N–H and O–H groups in total. The minimum atomic E-state index is 0.153. The molecular formula is C42H30N4O. The van der Waals surface area contributed by atoms with Gasteiger partial charge in [0.15, 0.2) is 0 Å². The predicted octanol–water partition coefficient (Wildman–Crippen LogP) is 10.5. The van der Waals surface area contributed by atoms with Crippen LogP contribution in [0, 0.1) is 13.8 Å². The van der Waals surface area contributed by atoms with E-state index in [1.807, 2.05) is 30.3 Å². The van der Waals surface area contributed by atoms with Crippen molar-refractivity contribution in [3.8, 4) is 45.2 Å². The zero-order valence-corrected chi connectivity index (χ0v) is 26.0. The van der Waals surface area contributed by atoms with Crippen molar-refractivity contribution in [3.05, 3.63) is 145 Å². The van der Waals surface area contributed by atoms with Crippen molar-refractivity contribution < 1.29 is 5.11 Å². The predicted molar refractivity (Wildman–Crippen MR) is 193 cm³/mol. The van der Waals surface area contributed by atoms with Crippen LogP contribution in [-0.2, 0) is 0 Å². The van der Waals surface area contributed by atoms with Gasteiger partial charge in [-0.05, 0) is 78.6 Å². The van der Waals surface area contributed by atoms with Gasteiger partial charge in [0, 0.05) is 38.5 Å². The van der Waals surface area contributed by atoms with Gasteiger partial charge in [0.1, 0.15) is 17.1 Å². The van der Waals surface area contributed by atoms with Crippen molar-refractivity contribution in [1.29, 1.82) is 0 Å². The third-order valence-corrected chi connectivity index (χ3v) is 9.11. The first kappa shape index (κ1) is 27.1. The normalized spacial score (nSPS) is 11.7. The Hall–Kier alpha value is -6.20. The van der Waals surface area contributed by atoms with Crippen molar-refractivity contribution in [3.63, 3.8) is 0 Å². The number of phenols is 1. The molecule has 0 atom stereocenters. The highest BCUT2D eigenvalue weighted by Gasteiger charge is 2.22. The van der Waals surface area contributed by atoms with Crippen molar-refractivity contribution >= 4 is 43.7 Å². The average Bonchev–Trinajstić information content (AvgIpc) is 3.67. The van der Waals surface area contributed by atoms with Crippen molar-refractivity contribution in [2.24, 2.45) is 0 Å². The van der Waals surface area contributed by atoms with Crippen LogP contribution in [0.3, 0.4) is 0 Å². The van der Waals surface area contributed by atoms with Gasteiger partial charge in [-0.1, -0.05) is 91.0 Å². The molecule has 0 aliphatic carbocycles. The maximum absolute atomic E-state index is 11.0. The lowest BCUT2D eigenvalue weighted by Crippen LogP contribution is -1.99. The molecule has 6 aromatic carbocycles. The number of hydrogen-bond donors (Lipinski definition) is 2. The van der Waals surface area contributed by atoms with E-state index in [-0.39, 0.29) is 5.75 Å². The number of aromatic nitrogens is 4. The summed E-state index contributed by atoms with van der Waals surface area (Å²) in [6.07, 6.45) is 0.